The number of anilines is 1. The van der Waals surface area contributed by atoms with E-state index in [1.807, 2.05) is 30.3 Å². The average molecular weight is 354 g/mol. The van der Waals surface area contributed by atoms with Crippen LogP contribution in [0.25, 0.3) is 11.1 Å². The standard InChI is InChI=1S/C19H15FN2O2S/c20-17-2-4-18(5-3-17)25(23,24)22-12-9-16-13-15(1-6-19(16)22)14-7-10-21-11-8-14/h1-8,10-11,13H,9,12H2. The molecule has 25 heavy (non-hydrogen) atoms. The Morgan fingerprint density at radius 3 is 2.36 bits per heavy atom. The summed E-state index contributed by atoms with van der Waals surface area (Å²) in [4.78, 5) is 4.11. The maximum atomic E-state index is 13.1. The van der Waals surface area contributed by atoms with Crippen LogP contribution in [0.4, 0.5) is 10.1 Å². The molecule has 6 heteroatoms. The molecular formula is C19H15FN2O2S. The van der Waals surface area contributed by atoms with Crippen molar-refractivity contribution in [2.45, 2.75) is 11.3 Å². The zero-order valence-corrected chi connectivity index (χ0v) is 14.1. The fourth-order valence-electron chi connectivity index (χ4n) is 3.08. The van der Waals surface area contributed by atoms with Gasteiger partial charge in [0.25, 0.3) is 10.0 Å². The van der Waals surface area contributed by atoms with Gasteiger partial charge in [0.1, 0.15) is 5.82 Å². The highest BCUT2D eigenvalue weighted by Crippen LogP contribution is 2.35. The van der Waals surface area contributed by atoms with Crippen molar-refractivity contribution in [3.63, 3.8) is 0 Å². The monoisotopic (exact) mass is 354 g/mol. The van der Waals surface area contributed by atoms with E-state index < -0.39 is 15.8 Å². The normalized spacial score (nSPS) is 13.7. The first-order valence-electron chi connectivity index (χ1n) is 7.87. The van der Waals surface area contributed by atoms with Gasteiger partial charge in [-0.15, -0.1) is 0 Å². The Morgan fingerprint density at radius 1 is 0.920 bits per heavy atom. The van der Waals surface area contributed by atoms with Crippen LogP contribution in [0, 0.1) is 5.82 Å². The fourth-order valence-corrected chi connectivity index (χ4v) is 4.58. The predicted octanol–water partition coefficient (Wildman–Crippen LogP) is 3.64. The van der Waals surface area contributed by atoms with Crippen molar-refractivity contribution in [2.75, 3.05) is 10.8 Å². The molecular weight excluding hydrogens is 339 g/mol. The summed E-state index contributed by atoms with van der Waals surface area (Å²) >= 11 is 0. The van der Waals surface area contributed by atoms with Crippen molar-refractivity contribution < 1.29 is 12.8 Å². The Morgan fingerprint density at radius 2 is 1.64 bits per heavy atom. The molecule has 2 heterocycles. The van der Waals surface area contributed by atoms with Crippen LogP contribution in [0.15, 0.2) is 71.9 Å². The van der Waals surface area contributed by atoms with Crippen molar-refractivity contribution in [1.29, 1.82) is 0 Å². The topological polar surface area (TPSA) is 50.3 Å². The van der Waals surface area contributed by atoms with Gasteiger partial charge in [-0.3, -0.25) is 9.29 Å². The van der Waals surface area contributed by atoms with Gasteiger partial charge in [0, 0.05) is 18.9 Å². The van der Waals surface area contributed by atoms with E-state index in [0.717, 1.165) is 28.8 Å². The summed E-state index contributed by atoms with van der Waals surface area (Å²) in [6, 6.07) is 14.5. The van der Waals surface area contributed by atoms with Gasteiger partial charge >= 0.3 is 0 Å². The first-order chi connectivity index (χ1) is 12.1. The molecule has 0 saturated heterocycles. The van der Waals surface area contributed by atoms with Crippen molar-refractivity contribution in [2.24, 2.45) is 0 Å². The summed E-state index contributed by atoms with van der Waals surface area (Å²) in [6.45, 7) is 0.384. The third-order valence-corrected chi connectivity index (χ3v) is 6.18. The van der Waals surface area contributed by atoms with Crippen LogP contribution in [0.5, 0.6) is 0 Å². The lowest BCUT2D eigenvalue weighted by molar-refractivity contribution is 0.591. The SMILES string of the molecule is O=S(=O)(c1ccc(F)cc1)N1CCc2cc(-c3ccncc3)ccc21. The van der Waals surface area contributed by atoms with Gasteiger partial charge in [0.05, 0.1) is 10.6 Å². The van der Waals surface area contributed by atoms with Gasteiger partial charge in [0.2, 0.25) is 0 Å². The highest BCUT2D eigenvalue weighted by Gasteiger charge is 2.31. The summed E-state index contributed by atoms with van der Waals surface area (Å²) in [5.41, 5.74) is 3.74. The molecule has 3 aromatic rings. The zero-order valence-electron chi connectivity index (χ0n) is 13.3. The number of nitrogens with zero attached hydrogens (tertiary/aromatic N) is 2. The van der Waals surface area contributed by atoms with E-state index in [1.165, 1.54) is 16.4 Å². The van der Waals surface area contributed by atoms with E-state index >= 15 is 0 Å². The first kappa shape index (κ1) is 15.8. The van der Waals surface area contributed by atoms with Crippen LogP contribution in [0.3, 0.4) is 0 Å². The van der Waals surface area contributed by atoms with Gasteiger partial charge in [-0.05, 0) is 71.6 Å². The number of rotatable bonds is 3. The maximum Gasteiger partial charge on any atom is 0.264 e. The summed E-state index contributed by atoms with van der Waals surface area (Å²) in [5.74, 6) is -0.456. The second-order valence-corrected chi connectivity index (χ2v) is 7.72. The predicted molar refractivity (Wildman–Crippen MR) is 94.3 cm³/mol. The third kappa shape index (κ3) is 2.78. The molecule has 0 radical (unpaired) electrons. The number of sulfonamides is 1. The van der Waals surface area contributed by atoms with Crippen LogP contribution in [-0.2, 0) is 16.4 Å². The number of aromatic nitrogens is 1. The van der Waals surface area contributed by atoms with Gasteiger partial charge in [0.15, 0.2) is 0 Å². The number of halogens is 1. The second-order valence-electron chi connectivity index (χ2n) is 5.86. The van der Waals surface area contributed by atoms with Gasteiger partial charge in [-0.1, -0.05) is 6.07 Å². The molecule has 0 N–H and O–H groups in total. The molecule has 4 nitrogen and oxygen atoms in total. The van der Waals surface area contributed by atoms with Crippen LogP contribution in [0.2, 0.25) is 0 Å². The molecule has 2 aromatic carbocycles. The van der Waals surface area contributed by atoms with Crippen LogP contribution >= 0.6 is 0 Å². The quantitative estimate of drug-likeness (QED) is 0.722. The Bertz CT molecular complexity index is 1020. The summed E-state index contributed by atoms with van der Waals surface area (Å²) in [6.07, 6.45) is 4.11. The van der Waals surface area contributed by atoms with Gasteiger partial charge < -0.3 is 0 Å². The Labute approximate surface area is 145 Å². The minimum absolute atomic E-state index is 0.0972. The summed E-state index contributed by atoms with van der Waals surface area (Å²) in [5, 5.41) is 0. The van der Waals surface area contributed by atoms with Gasteiger partial charge in [-0.2, -0.15) is 0 Å². The van der Waals surface area contributed by atoms with Crippen LogP contribution < -0.4 is 4.31 Å². The third-order valence-electron chi connectivity index (χ3n) is 4.35. The molecule has 0 bridgehead atoms. The van der Waals surface area contributed by atoms with E-state index in [4.69, 9.17) is 0 Å². The Hall–Kier alpha value is -2.73. The molecule has 4 rings (SSSR count). The molecule has 0 atom stereocenters. The zero-order chi connectivity index (χ0) is 17.4. The van der Waals surface area contributed by atoms with Crippen LogP contribution in [0.1, 0.15) is 5.56 Å². The summed E-state index contributed by atoms with van der Waals surface area (Å²) < 4.78 is 40.2. The fraction of sp³-hybridized carbons (Fsp3) is 0.105. The molecule has 1 aliphatic rings. The highest BCUT2D eigenvalue weighted by atomic mass is 32.2. The lowest BCUT2D eigenvalue weighted by Crippen LogP contribution is -2.29. The molecule has 0 spiro atoms. The number of benzene rings is 2. The van der Waals surface area contributed by atoms with Crippen LogP contribution in [-0.4, -0.2) is 19.9 Å². The van der Waals surface area contributed by atoms with E-state index in [9.17, 15) is 12.8 Å². The molecule has 0 amide bonds. The number of pyridine rings is 1. The van der Waals surface area contributed by atoms with E-state index in [2.05, 4.69) is 4.98 Å². The van der Waals surface area contributed by atoms with Crippen molar-refractivity contribution in [3.05, 3.63) is 78.4 Å². The van der Waals surface area contributed by atoms with Crippen molar-refractivity contribution >= 4 is 15.7 Å². The minimum Gasteiger partial charge on any atom is -0.266 e. The van der Waals surface area contributed by atoms with E-state index in [-0.39, 0.29) is 4.90 Å². The Balaban J connectivity index is 1.72. The molecule has 1 aromatic heterocycles. The number of hydrogen-bond acceptors (Lipinski definition) is 3. The van der Waals surface area contributed by atoms with Crippen molar-refractivity contribution in [3.8, 4) is 11.1 Å². The molecule has 1 aliphatic heterocycles. The largest absolute Gasteiger partial charge is 0.266 e. The second kappa shape index (κ2) is 5.97. The lowest BCUT2D eigenvalue weighted by atomic mass is 10.0. The average Bonchev–Trinajstić information content (AvgIpc) is 3.07. The van der Waals surface area contributed by atoms with Crippen molar-refractivity contribution in [1.82, 2.24) is 4.98 Å². The van der Waals surface area contributed by atoms with E-state index in [1.54, 1.807) is 12.4 Å². The summed E-state index contributed by atoms with van der Waals surface area (Å²) in [7, 11) is -3.69. The van der Waals surface area contributed by atoms with E-state index in [0.29, 0.717) is 18.7 Å². The molecule has 0 saturated carbocycles. The molecule has 0 aliphatic carbocycles. The molecule has 0 unspecified atom stereocenters. The molecule has 0 fully saturated rings. The number of fused-ring (bicyclic) bond motifs is 1. The lowest BCUT2D eigenvalue weighted by Gasteiger charge is -2.19. The van der Waals surface area contributed by atoms with Gasteiger partial charge in [-0.25, -0.2) is 12.8 Å². The maximum absolute atomic E-state index is 13.1. The highest BCUT2D eigenvalue weighted by molar-refractivity contribution is 7.92. The molecule has 126 valence electrons. The first-order valence-corrected chi connectivity index (χ1v) is 9.31. The smallest absolute Gasteiger partial charge is 0.264 e. The Kier molecular flexibility index (Phi) is 3.77. The minimum atomic E-state index is -3.69. The number of hydrogen-bond donors (Lipinski definition) is 0.